The van der Waals surface area contributed by atoms with E-state index < -0.39 is 16.0 Å². The van der Waals surface area contributed by atoms with Crippen molar-refractivity contribution in [2.24, 2.45) is 0 Å². The van der Waals surface area contributed by atoms with E-state index in [0.29, 0.717) is 5.69 Å². The predicted octanol–water partition coefficient (Wildman–Crippen LogP) is 3.18. The Hall–Kier alpha value is -3.40. The first-order valence-corrected chi connectivity index (χ1v) is 11.3. The lowest BCUT2D eigenvalue weighted by Gasteiger charge is -2.13. The Kier molecular flexibility index (Phi) is 5.64. The number of hydrogen-bond donors (Lipinski definition) is 2. The van der Waals surface area contributed by atoms with Crippen LogP contribution in [-0.4, -0.2) is 41.4 Å². The van der Waals surface area contributed by atoms with Crippen molar-refractivity contribution >= 4 is 21.7 Å². The number of rotatable bonds is 6. The van der Waals surface area contributed by atoms with E-state index >= 15 is 0 Å². The number of aryl methyl sites for hydroxylation is 1. The highest BCUT2D eigenvalue weighted by Crippen LogP contribution is 2.28. The van der Waals surface area contributed by atoms with Crippen LogP contribution in [0.1, 0.15) is 35.4 Å². The third-order valence-electron chi connectivity index (χ3n) is 5.20. The number of carboxylic acids is 1. The highest BCUT2D eigenvalue weighted by Gasteiger charge is 2.22. The van der Waals surface area contributed by atoms with Crippen molar-refractivity contribution in [1.82, 2.24) is 14.8 Å². The molecule has 1 aliphatic rings. The second kappa shape index (κ2) is 8.38. The maximum absolute atomic E-state index is 12.9. The maximum atomic E-state index is 12.9. The first kappa shape index (κ1) is 20.9. The van der Waals surface area contributed by atoms with Crippen LogP contribution in [0.4, 0.5) is 5.69 Å². The molecule has 162 valence electrons. The number of aromatic nitrogens is 3. The van der Waals surface area contributed by atoms with Crippen LogP contribution in [0.15, 0.2) is 47.4 Å². The quantitative estimate of drug-likeness (QED) is 0.601. The van der Waals surface area contributed by atoms with Gasteiger partial charge in [-0.1, -0.05) is 6.42 Å². The normalized spacial score (nSPS) is 13.8. The Morgan fingerprint density at radius 1 is 1.10 bits per heavy atom. The van der Waals surface area contributed by atoms with Gasteiger partial charge in [-0.25, -0.2) is 13.2 Å². The van der Waals surface area contributed by atoms with Gasteiger partial charge in [0.1, 0.15) is 16.5 Å². The largest absolute Gasteiger partial charge is 0.495 e. The summed E-state index contributed by atoms with van der Waals surface area (Å²) < 4.78 is 35.5. The smallest absolute Gasteiger partial charge is 0.335 e. The Labute approximate surface area is 179 Å². The van der Waals surface area contributed by atoms with Gasteiger partial charge in [0.05, 0.1) is 12.7 Å². The van der Waals surface area contributed by atoms with Crippen molar-refractivity contribution in [2.75, 3.05) is 11.8 Å². The minimum absolute atomic E-state index is 0.0558. The summed E-state index contributed by atoms with van der Waals surface area (Å²) in [6.45, 7) is 0.867. The van der Waals surface area contributed by atoms with Gasteiger partial charge in [-0.05, 0) is 55.3 Å². The van der Waals surface area contributed by atoms with Gasteiger partial charge in [0.2, 0.25) is 0 Å². The molecule has 0 bridgehead atoms. The predicted molar refractivity (Wildman–Crippen MR) is 114 cm³/mol. The van der Waals surface area contributed by atoms with E-state index in [1.165, 1.54) is 19.2 Å². The fourth-order valence-electron chi connectivity index (χ4n) is 3.62. The van der Waals surface area contributed by atoms with Crippen molar-refractivity contribution < 1.29 is 23.1 Å². The van der Waals surface area contributed by atoms with Gasteiger partial charge in [0.25, 0.3) is 10.0 Å². The van der Waals surface area contributed by atoms with Crippen LogP contribution in [0.5, 0.6) is 5.75 Å². The summed E-state index contributed by atoms with van der Waals surface area (Å²) in [5, 5.41) is 17.8. The molecule has 0 radical (unpaired) electrons. The highest BCUT2D eigenvalue weighted by molar-refractivity contribution is 7.92. The molecule has 0 saturated carbocycles. The number of nitrogens with one attached hydrogen (secondary N) is 1. The zero-order chi connectivity index (χ0) is 22.0. The minimum atomic E-state index is -4.07. The van der Waals surface area contributed by atoms with E-state index in [-0.39, 0.29) is 16.2 Å². The molecule has 9 nitrogen and oxygen atoms in total. The Balaban J connectivity index is 1.60. The van der Waals surface area contributed by atoms with Gasteiger partial charge in [0.15, 0.2) is 5.82 Å². The molecule has 0 amide bonds. The SMILES string of the molecule is COc1ccc(C(=O)O)cc1S(=O)(=O)Nc1ccc(-c2nnc3n2CCCCC3)cc1. The number of carboxylic acid groups (broad SMARTS) is 1. The standard InChI is InChI=1S/C21H22N4O5S/c1-30-17-11-8-15(21(26)27)13-18(17)31(28,29)24-16-9-6-14(7-10-16)20-23-22-19-5-3-2-4-12-25(19)20/h6-11,13,24H,2-5,12H2,1H3,(H,26,27). The molecule has 1 aliphatic heterocycles. The highest BCUT2D eigenvalue weighted by atomic mass is 32.2. The van der Waals surface area contributed by atoms with Crippen LogP contribution in [-0.2, 0) is 23.0 Å². The van der Waals surface area contributed by atoms with E-state index in [0.717, 1.165) is 55.5 Å². The van der Waals surface area contributed by atoms with Gasteiger partial charge in [-0.15, -0.1) is 10.2 Å². The number of aromatic carboxylic acids is 1. The third-order valence-corrected chi connectivity index (χ3v) is 6.61. The molecule has 0 fully saturated rings. The fourth-order valence-corrected chi connectivity index (χ4v) is 4.87. The number of nitrogens with zero attached hydrogens (tertiary/aromatic N) is 3. The molecular formula is C21H22N4O5S. The molecule has 0 saturated heterocycles. The lowest BCUT2D eigenvalue weighted by atomic mass is 10.2. The molecule has 3 aromatic rings. The monoisotopic (exact) mass is 442 g/mol. The van der Waals surface area contributed by atoms with E-state index in [1.54, 1.807) is 24.3 Å². The topological polar surface area (TPSA) is 123 Å². The van der Waals surface area contributed by atoms with Crippen molar-refractivity contribution in [1.29, 1.82) is 0 Å². The Bertz CT molecular complexity index is 1220. The van der Waals surface area contributed by atoms with Crippen molar-refractivity contribution in [3.8, 4) is 17.1 Å². The van der Waals surface area contributed by atoms with E-state index in [2.05, 4.69) is 19.5 Å². The number of benzene rings is 2. The first-order valence-electron chi connectivity index (χ1n) is 9.86. The van der Waals surface area contributed by atoms with Crippen LogP contribution in [0.3, 0.4) is 0 Å². The van der Waals surface area contributed by atoms with E-state index in [9.17, 15) is 18.3 Å². The summed E-state index contributed by atoms with van der Waals surface area (Å²) in [5.41, 5.74) is 1.03. The molecule has 31 heavy (non-hydrogen) atoms. The van der Waals surface area contributed by atoms with Crippen LogP contribution < -0.4 is 9.46 Å². The molecule has 2 aromatic carbocycles. The second-order valence-electron chi connectivity index (χ2n) is 7.26. The van der Waals surface area contributed by atoms with Gasteiger partial charge in [-0.3, -0.25) is 4.72 Å². The average Bonchev–Trinajstić information content (AvgIpc) is 3.01. The molecule has 1 aromatic heterocycles. The van der Waals surface area contributed by atoms with Crippen molar-refractivity contribution in [3.05, 3.63) is 53.9 Å². The molecule has 2 N–H and O–H groups in total. The number of carbonyl (C=O) groups is 1. The number of anilines is 1. The van der Waals surface area contributed by atoms with Crippen LogP contribution in [0.25, 0.3) is 11.4 Å². The van der Waals surface area contributed by atoms with E-state index in [4.69, 9.17) is 4.74 Å². The summed E-state index contributed by atoms with van der Waals surface area (Å²) in [5.74, 6) is 0.570. The summed E-state index contributed by atoms with van der Waals surface area (Å²) in [6, 6.07) is 10.5. The number of methoxy groups -OCH3 is 1. The first-order chi connectivity index (χ1) is 14.9. The molecule has 4 rings (SSSR count). The van der Waals surface area contributed by atoms with Crippen LogP contribution >= 0.6 is 0 Å². The molecule has 0 aliphatic carbocycles. The molecular weight excluding hydrogens is 420 g/mol. The van der Waals surface area contributed by atoms with E-state index in [1.807, 2.05) is 0 Å². The number of hydrogen-bond acceptors (Lipinski definition) is 6. The van der Waals surface area contributed by atoms with Crippen LogP contribution in [0.2, 0.25) is 0 Å². The summed E-state index contributed by atoms with van der Waals surface area (Å²) in [6.07, 6.45) is 4.25. The summed E-state index contributed by atoms with van der Waals surface area (Å²) >= 11 is 0. The Morgan fingerprint density at radius 2 is 1.87 bits per heavy atom. The van der Waals surface area contributed by atoms with Crippen molar-refractivity contribution in [3.63, 3.8) is 0 Å². The maximum Gasteiger partial charge on any atom is 0.335 e. The molecule has 2 heterocycles. The van der Waals surface area contributed by atoms with Crippen LogP contribution in [0, 0.1) is 0 Å². The summed E-state index contributed by atoms with van der Waals surface area (Å²) in [7, 11) is -2.74. The molecule has 10 heteroatoms. The number of fused-ring (bicyclic) bond motifs is 1. The zero-order valence-electron chi connectivity index (χ0n) is 16.9. The van der Waals surface area contributed by atoms with Gasteiger partial charge in [0, 0.05) is 24.2 Å². The number of sulfonamides is 1. The molecule has 0 unspecified atom stereocenters. The average molecular weight is 442 g/mol. The third kappa shape index (κ3) is 4.24. The van der Waals surface area contributed by atoms with Gasteiger partial charge >= 0.3 is 5.97 Å². The second-order valence-corrected chi connectivity index (χ2v) is 8.91. The zero-order valence-corrected chi connectivity index (χ0v) is 17.7. The minimum Gasteiger partial charge on any atom is -0.495 e. The molecule has 0 spiro atoms. The lowest BCUT2D eigenvalue weighted by Crippen LogP contribution is -2.15. The summed E-state index contributed by atoms with van der Waals surface area (Å²) in [4.78, 5) is 11.0. The number of ether oxygens (including phenoxy) is 1. The lowest BCUT2D eigenvalue weighted by molar-refractivity contribution is 0.0696. The fraction of sp³-hybridized carbons (Fsp3) is 0.286. The molecule has 0 atom stereocenters. The van der Waals surface area contributed by atoms with Gasteiger partial charge in [-0.2, -0.15) is 0 Å². The van der Waals surface area contributed by atoms with Gasteiger partial charge < -0.3 is 14.4 Å². The Morgan fingerprint density at radius 3 is 2.58 bits per heavy atom. The van der Waals surface area contributed by atoms with Crippen molar-refractivity contribution in [2.45, 2.75) is 37.1 Å².